The van der Waals surface area contributed by atoms with Crippen molar-refractivity contribution in [2.24, 2.45) is 0 Å². The van der Waals surface area contributed by atoms with E-state index >= 15 is 0 Å². The van der Waals surface area contributed by atoms with Gasteiger partial charge in [-0.3, -0.25) is 25.0 Å². The Labute approximate surface area is 139 Å². The highest BCUT2D eigenvalue weighted by Crippen LogP contribution is 2.24. The lowest BCUT2D eigenvalue weighted by atomic mass is 10.1. The number of benzene rings is 1. The highest BCUT2D eigenvalue weighted by atomic mass is 32.1. The molecule has 0 saturated carbocycles. The lowest BCUT2D eigenvalue weighted by molar-refractivity contribution is -0.384. The van der Waals surface area contributed by atoms with Crippen LogP contribution in [-0.4, -0.2) is 22.8 Å². The minimum absolute atomic E-state index is 0.132. The molecule has 120 valence electrons. The van der Waals surface area contributed by atoms with E-state index in [4.69, 9.17) is 0 Å². The predicted octanol–water partition coefficient (Wildman–Crippen LogP) is 2.32. The standard InChI is InChI=1S/C15H9N3O5S/c19-13-12(8-11-2-1-7-24-11)14(20)17(15(21)16-13)9-3-5-10(6-4-9)18(22)23/h1-8H,(H,16,19,21)/b12-8+. The van der Waals surface area contributed by atoms with Crippen LogP contribution in [0.5, 0.6) is 0 Å². The van der Waals surface area contributed by atoms with Gasteiger partial charge in [-0.25, -0.2) is 9.69 Å². The van der Waals surface area contributed by atoms with Gasteiger partial charge in [0.15, 0.2) is 0 Å². The Kier molecular flexibility index (Phi) is 3.92. The summed E-state index contributed by atoms with van der Waals surface area (Å²) >= 11 is 1.34. The van der Waals surface area contributed by atoms with Gasteiger partial charge in [0.05, 0.1) is 10.6 Å². The fourth-order valence-electron chi connectivity index (χ4n) is 2.13. The second-order valence-corrected chi connectivity index (χ2v) is 5.73. The van der Waals surface area contributed by atoms with E-state index in [1.807, 2.05) is 0 Å². The average molecular weight is 343 g/mol. The fraction of sp³-hybridized carbons (Fsp3) is 0. The van der Waals surface area contributed by atoms with Gasteiger partial charge in [0.2, 0.25) is 0 Å². The number of amides is 4. The third-order valence-electron chi connectivity index (χ3n) is 3.25. The number of rotatable bonds is 3. The van der Waals surface area contributed by atoms with Crippen molar-refractivity contribution in [2.45, 2.75) is 0 Å². The Bertz CT molecular complexity index is 871. The van der Waals surface area contributed by atoms with Crippen molar-refractivity contribution in [3.8, 4) is 0 Å². The number of imide groups is 2. The molecule has 1 aliphatic rings. The number of non-ortho nitro benzene ring substituents is 1. The molecule has 8 nitrogen and oxygen atoms in total. The molecule has 1 aromatic carbocycles. The summed E-state index contributed by atoms with van der Waals surface area (Å²) in [5.41, 5.74) is -0.225. The Morgan fingerprint density at radius 2 is 1.83 bits per heavy atom. The van der Waals surface area contributed by atoms with Crippen LogP contribution in [0.1, 0.15) is 4.88 Å². The van der Waals surface area contributed by atoms with Crippen LogP contribution in [0, 0.1) is 10.1 Å². The molecule has 1 aromatic heterocycles. The largest absolute Gasteiger partial charge is 0.335 e. The number of nitrogens with one attached hydrogen (secondary N) is 1. The summed E-state index contributed by atoms with van der Waals surface area (Å²) in [6.45, 7) is 0. The smallest absolute Gasteiger partial charge is 0.273 e. The molecule has 0 radical (unpaired) electrons. The molecule has 1 aliphatic heterocycles. The first kappa shape index (κ1) is 15.6. The van der Waals surface area contributed by atoms with Crippen molar-refractivity contribution in [3.63, 3.8) is 0 Å². The summed E-state index contributed by atoms with van der Waals surface area (Å²) in [5, 5.41) is 14.6. The van der Waals surface area contributed by atoms with Gasteiger partial charge >= 0.3 is 6.03 Å². The number of thiophene rings is 1. The Hall–Kier alpha value is -3.33. The molecule has 9 heteroatoms. The molecule has 0 spiro atoms. The zero-order chi connectivity index (χ0) is 17.3. The summed E-state index contributed by atoms with van der Waals surface area (Å²) in [6.07, 6.45) is 1.40. The number of nitro groups is 1. The van der Waals surface area contributed by atoms with E-state index in [2.05, 4.69) is 5.32 Å². The summed E-state index contributed by atoms with van der Waals surface area (Å²) in [6, 6.07) is 7.49. The van der Waals surface area contributed by atoms with E-state index in [1.165, 1.54) is 41.7 Å². The van der Waals surface area contributed by atoms with Crippen LogP contribution in [0.25, 0.3) is 6.08 Å². The summed E-state index contributed by atoms with van der Waals surface area (Å²) < 4.78 is 0. The van der Waals surface area contributed by atoms with Gasteiger partial charge in [-0.1, -0.05) is 6.07 Å². The lowest BCUT2D eigenvalue weighted by Gasteiger charge is -2.26. The summed E-state index contributed by atoms with van der Waals surface area (Å²) in [5.74, 6) is -1.57. The highest BCUT2D eigenvalue weighted by Gasteiger charge is 2.36. The number of urea groups is 1. The first-order valence-electron chi connectivity index (χ1n) is 6.67. The molecule has 1 fully saturated rings. The van der Waals surface area contributed by atoms with Crippen molar-refractivity contribution in [3.05, 3.63) is 62.3 Å². The molecule has 0 unspecified atom stereocenters. The van der Waals surface area contributed by atoms with Gasteiger partial charge in [0.1, 0.15) is 5.57 Å². The second-order valence-electron chi connectivity index (χ2n) is 4.75. The number of nitro benzene ring substituents is 1. The van der Waals surface area contributed by atoms with Crippen LogP contribution in [0.15, 0.2) is 47.4 Å². The van der Waals surface area contributed by atoms with Crippen molar-refractivity contribution in [1.82, 2.24) is 5.32 Å². The molecule has 0 aliphatic carbocycles. The molecule has 2 heterocycles. The van der Waals surface area contributed by atoms with Gasteiger partial charge < -0.3 is 0 Å². The SMILES string of the molecule is O=C1NC(=O)N(c2ccc([N+](=O)[O-])cc2)C(=O)/C1=C/c1cccs1. The highest BCUT2D eigenvalue weighted by molar-refractivity contribution is 7.10. The van der Waals surface area contributed by atoms with Crippen molar-refractivity contribution in [2.75, 3.05) is 4.90 Å². The molecule has 0 bridgehead atoms. The number of barbiturate groups is 1. The molecule has 0 atom stereocenters. The molecule has 2 aromatic rings. The third-order valence-corrected chi connectivity index (χ3v) is 4.07. The topological polar surface area (TPSA) is 110 Å². The van der Waals surface area contributed by atoms with Gasteiger partial charge in [0.25, 0.3) is 17.5 Å². The minimum atomic E-state index is -0.901. The first-order chi connectivity index (χ1) is 11.5. The van der Waals surface area contributed by atoms with Crippen molar-refractivity contribution in [1.29, 1.82) is 0 Å². The Morgan fingerprint density at radius 1 is 1.12 bits per heavy atom. The van der Waals surface area contributed by atoms with Crippen LogP contribution < -0.4 is 10.2 Å². The molecule has 1 N–H and O–H groups in total. The second kappa shape index (κ2) is 6.05. The summed E-state index contributed by atoms with van der Waals surface area (Å²) in [4.78, 5) is 48.0. The van der Waals surface area contributed by atoms with Crippen LogP contribution in [-0.2, 0) is 9.59 Å². The van der Waals surface area contributed by atoms with Crippen molar-refractivity contribution >= 4 is 46.6 Å². The average Bonchev–Trinajstić information content (AvgIpc) is 3.05. The van der Waals surface area contributed by atoms with Crippen LogP contribution in [0.4, 0.5) is 16.2 Å². The maximum atomic E-state index is 12.5. The minimum Gasteiger partial charge on any atom is -0.273 e. The van der Waals surface area contributed by atoms with Crippen molar-refractivity contribution < 1.29 is 19.3 Å². The zero-order valence-electron chi connectivity index (χ0n) is 12.0. The number of anilines is 1. The van der Waals surface area contributed by atoms with Crippen LogP contribution >= 0.6 is 11.3 Å². The van der Waals surface area contributed by atoms with E-state index < -0.39 is 22.8 Å². The van der Waals surface area contributed by atoms with Crippen LogP contribution in [0.2, 0.25) is 0 Å². The molecule has 24 heavy (non-hydrogen) atoms. The lowest BCUT2D eigenvalue weighted by Crippen LogP contribution is -2.54. The Morgan fingerprint density at radius 3 is 2.42 bits per heavy atom. The van der Waals surface area contributed by atoms with E-state index in [0.29, 0.717) is 4.88 Å². The fourth-order valence-corrected chi connectivity index (χ4v) is 2.79. The van der Waals surface area contributed by atoms with E-state index in [9.17, 15) is 24.5 Å². The third kappa shape index (κ3) is 2.79. The number of hydrogen-bond donors (Lipinski definition) is 1. The molecular formula is C15H9N3O5S. The maximum absolute atomic E-state index is 12.5. The molecular weight excluding hydrogens is 334 g/mol. The monoisotopic (exact) mass is 343 g/mol. The van der Waals surface area contributed by atoms with Crippen LogP contribution in [0.3, 0.4) is 0 Å². The molecule has 4 amide bonds. The summed E-state index contributed by atoms with van der Waals surface area (Å²) in [7, 11) is 0. The predicted molar refractivity (Wildman–Crippen MR) is 86.4 cm³/mol. The molecule has 3 rings (SSSR count). The number of hydrogen-bond acceptors (Lipinski definition) is 6. The number of nitrogens with zero attached hydrogens (tertiary/aromatic N) is 2. The quantitative estimate of drug-likeness (QED) is 0.398. The van der Waals surface area contributed by atoms with E-state index in [0.717, 1.165) is 4.90 Å². The maximum Gasteiger partial charge on any atom is 0.335 e. The zero-order valence-corrected chi connectivity index (χ0v) is 12.8. The Balaban J connectivity index is 1.98. The molecule has 1 saturated heterocycles. The number of carbonyl (C=O) groups is 3. The van der Waals surface area contributed by atoms with Gasteiger partial charge in [-0.2, -0.15) is 0 Å². The van der Waals surface area contributed by atoms with Gasteiger partial charge in [0, 0.05) is 17.0 Å². The van der Waals surface area contributed by atoms with Gasteiger partial charge in [-0.05, 0) is 29.7 Å². The normalized spacial score (nSPS) is 16.4. The van der Waals surface area contributed by atoms with E-state index in [1.54, 1.807) is 17.5 Å². The van der Waals surface area contributed by atoms with E-state index in [-0.39, 0.29) is 16.9 Å². The number of carbonyl (C=O) groups excluding carboxylic acids is 3. The van der Waals surface area contributed by atoms with Gasteiger partial charge in [-0.15, -0.1) is 11.3 Å². The first-order valence-corrected chi connectivity index (χ1v) is 7.55.